The first-order valence-electron chi connectivity index (χ1n) is 7.51. The summed E-state index contributed by atoms with van der Waals surface area (Å²) in [5.41, 5.74) is 1.91. The molecule has 2 heterocycles. The zero-order valence-corrected chi connectivity index (χ0v) is 12.5. The molecule has 1 atom stereocenters. The second-order valence-electron chi connectivity index (χ2n) is 5.41. The van der Waals surface area contributed by atoms with Gasteiger partial charge in [-0.1, -0.05) is 29.4 Å². The van der Waals surface area contributed by atoms with Gasteiger partial charge in [0.2, 0.25) is 17.6 Å². The lowest BCUT2D eigenvalue weighted by molar-refractivity contribution is -0.135. The summed E-state index contributed by atoms with van der Waals surface area (Å²) in [7, 11) is 0. The maximum atomic E-state index is 12.0. The van der Waals surface area contributed by atoms with Crippen molar-refractivity contribution >= 4 is 5.91 Å². The molecule has 0 spiro atoms. The molecule has 1 aliphatic rings. The Labute approximate surface area is 128 Å². The van der Waals surface area contributed by atoms with Crippen molar-refractivity contribution in [2.45, 2.75) is 38.8 Å². The summed E-state index contributed by atoms with van der Waals surface area (Å²) >= 11 is 0. The van der Waals surface area contributed by atoms with Gasteiger partial charge in [-0.15, -0.1) is 0 Å². The Balaban J connectivity index is 1.56. The largest absolute Gasteiger partial charge is 0.368 e. The molecule has 1 amide bonds. The Morgan fingerprint density at radius 2 is 2.14 bits per heavy atom. The van der Waals surface area contributed by atoms with Crippen LogP contribution in [0.1, 0.15) is 30.7 Å². The van der Waals surface area contributed by atoms with Crippen molar-refractivity contribution in [1.29, 1.82) is 0 Å². The number of nitrogens with one attached hydrogen (secondary N) is 1. The first kappa shape index (κ1) is 14.7. The molecule has 116 valence electrons. The van der Waals surface area contributed by atoms with Crippen LogP contribution in [0.4, 0.5) is 0 Å². The molecule has 1 fully saturated rings. The fraction of sp³-hybridized carbons (Fsp3) is 0.438. The van der Waals surface area contributed by atoms with Crippen molar-refractivity contribution in [3.05, 3.63) is 35.7 Å². The summed E-state index contributed by atoms with van der Waals surface area (Å²) in [6.07, 6.45) is 2.61. The van der Waals surface area contributed by atoms with Crippen LogP contribution in [0.15, 0.2) is 28.8 Å². The Morgan fingerprint density at radius 1 is 1.32 bits per heavy atom. The minimum Gasteiger partial charge on any atom is -0.368 e. The molecule has 0 aliphatic carbocycles. The third-order valence-electron chi connectivity index (χ3n) is 3.68. The van der Waals surface area contributed by atoms with Crippen LogP contribution in [0, 0.1) is 6.92 Å². The van der Waals surface area contributed by atoms with Crippen LogP contribution < -0.4 is 5.32 Å². The van der Waals surface area contributed by atoms with Crippen molar-refractivity contribution < 1.29 is 14.1 Å². The Kier molecular flexibility index (Phi) is 4.48. The van der Waals surface area contributed by atoms with Crippen LogP contribution in [0.5, 0.6) is 0 Å². The van der Waals surface area contributed by atoms with Gasteiger partial charge in [0.05, 0.1) is 0 Å². The number of hydrogen-bond donors (Lipinski definition) is 1. The second-order valence-corrected chi connectivity index (χ2v) is 5.41. The normalized spacial score (nSPS) is 18.1. The van der Waals surface area contributed by atoms with Gasteiger partial charge in [0.1, 0.15) is 6.10 Å². The molecule has 3 rings (SSSR count). The highest BCUT2D eigenvalue weighted by Gasteiger charge is 2.21. The molecular weight excluding hydrogens is 282 g/mol. The number of ether oxygens (including phenoxy) is 1. The molecule has 0 unspecified atom stereocenters. The number of carbonyl (C=O) groups excluding carboxylic acids is 1. The summed E-state index contributed by atoms with van der Waals surface area (Å²) in [5, 5.41) is 6.80. The molecule has 1 saturated heterocycles. The maximum Gasteiger partial charge on any atom is 0.249 e. The lowest BCUT2D eigenvalue weighted by Crippen LogP contribution is -2.37. The molecule has 0 saturated carbocycles. The fourth-order valence-electron chi connectivity index (χ4n) is 2.44. The minimum atomic E-state index is -0.296. The van der Waals surface area contributed by atoms with Crippen molar-refractivity contribution in [3.63, 3.8) is 0 Å². The average Bonchev–Trinajstić information content (AvgIpc) is 3.00. The molecule has 1 N–H and O–H groups in total. The zero-order valence-electron chi connectivity index (χ0n) is 12.5. The third-order valence-corrected chi connectivity index (χ3v) is 3.68. The molecule has 1 aromatic heterocycles. The summed E-state index contributed by atoms with van der Waals surface area (Å²) in [6, 6.07) is 7.73. The van der Waals surface area contributed by atoms with Gasteiger partial charge in [-0.25, -0.2) is 0 Å². The quantitative estimate of drug-likeness (QED) is 0.937. The van der Waals surface area contributed by atoms with Gasteiger partial charge in [0, 0.05) is 25.6 Å². The van der Waals surface area contributed by atoms with E-state index in [1.807, 2.05) is 24.3 Å². The monoisotopic (exact) mass is 301 g/mol. The highest BCUT2D eigenvalue weighted by Crippen LogP contribution is 2.17. The van der Waals surface area contributed by atoms with E-state index in [0.29, 0.717) is 24.9 Å². The van der Waals surface area contributed by atoms with E-state index >= 15 is 0 Å². The van der Waals surface area contributed by atoms with Gasteiger partial charge in [-0.2, -0.15) is 4.98 Å². The first-order valence-corrected chi connectivity index (χ1v) is 7.51. The minimum absolute atomic E-state index is 0.0300. The van der Waals surface area contributed by atoms with E-state index in [4.69, 9.17) is 9.26 Å². The SMILES string of the molecule is Cc1nc(-c2ccc(CNC(=O)[C@H]3CCCCO3)cc2)no1. The molecule has 1 aromatic carbocycles. The summed E-state index contributed by atoms with van der Waals surface area (Å²) in [4.78, 5) is 16.2. The van der Waals surface area contributed by atoms with Crippen LogP contribution in [-0.4, -0.2) is 28.8 Å². The number of hydrogen-bond acceptors (Lipinski definition) is 5. The van der Waals surface area contributed by atoms with Gasteiger partial charge in [-0.05, 0) is 24.8 Å². The van der Waals surface area contributed by atoms with Gasteiger partial charge in [0.25, 0.3) is 0 Å². The van der Waals surface area contributed by atoms with E-state index in [-0.39, 0.29) is 12.0 Å². The molecular formula is C16H19N3O3. The number of rotatable bonds is 4. The first-order chi connectivity index (χ1) is 10.7. The van der Waals surface area contributed by atoms with Gasteiger partial charge < -0.3 is 14.6 Å². The van der Waals surface area contributed by atoms with Gasteiger partial charge in [-0.3, -0.25) is 4.79 Å². The topological polar surface area (TPSA) is 77.2 Å². The lowest BCUT2D eigenvalue weighted by Gasteiger charge is -2.21. The number of nitrogens with zero attached hydrogens (tertiary/aromatic N) is 2. The second kappa shape index (κ2) is 6.70. The molecule has 6 nitrogen and oxygen atoms in total. The third kappa shape index (κ3) is 3.51. The van der Waals surface area contributed by atoms with Crippen LogP contribution in [0.3, 0.4) is 0 Å². The molecule has 2 aromatic rings. The van der Waals surface area contributed by atoms with E-state index in [1.165, 1.54) is 0 Å². The summed E-state index contributed by atoms with van der Waals surface area (Å²) in [5.74, 6) is 1.08. The van der Waals surface area contributed by atoms with Crippen LogP contribution >= 0.6 is 0 Å². The van der Waals surface area contributed by atoms with Crippen molar-refractivity contribution in [2.75, 3.05) is 6.61 Å². The maximum absolute atomic E-state index is 12.0. The van der Waals surface area contributed by atoms with Crippen molar-refractivity contribution in [2.24, 2.45) is 0 Å². The Hall–Kier alpha value is -2.21. The Bertz CT molecular complexity index is 630. The van der Waals surface area contributed by atoms with Crippen molar-refractivity contribution in [3.8, 4) is 11.4 Å². The Morgan fingerprint density at radius 3 is 2.77 bits per heavy atom. The van der Waals surface area contributed by atoms with Crippen LogP contribution in [0.25, 0.3) is 11.4 Å². The number of aromatic nitrogens is 2. The average molecular weight is 301 g/mol. The van der Waals surface area contributed by atoms with E-state index < -0.39 is 0 Å². The van der Waals surface area contributed by atoms with E-state index in [9.17, 15) is 4.79 Å². The number of benzene rings is 1. The molecule has 0 radical (unpaired) electrons. The molecule has 6 heteroatoms. The zero-order chi connectivity index (χ0) is 15.4. The predicted octanol–water partition coefficient (Wildman–Crippen LogP) is 2.23. The fourth-order valence-corrected chi connectivity index (χ4v) is 2.44. The highest BCUT2D eigenvalue weighted by atomic mass is 16.5. The highest BCUT2D eigenvalue weighted by molar-refractivity contribution is 5.80. The van der Waals surface area contributed by atoms with Gasteiger partial charge in [0.15, 0.2) is 0 Å². The molecule has 1 aliphatic heterocycles. The van der Waals surface area contributed by atoms with Crippen LogP contribution in [-0.2, 0) is 16.1 Å². The number of aryl methyl sites for hydroxylation is 1. The van der Waals surface area contributed by atoms with Gasteiger partial charge >= 0.3 is 0 Å². The predicted molar refractivity (Wildman–Crippen MR) is 79.9 cm³/mol. The standard InChI is InChI=1S/C16H19N3O3/c1-11-18-15(19-22-11)13-7-5-12(6-8-13)10-17-16(20)14-4-2-3-9-21-14/h5-8,14H,2-4,9-10H2,1H3,(H,17,20)/t14-/m1/s1. The van der Waals surface area contributed by atoms with Crippen LogP contribution in [0.2, 0.25) is 0 Å². The lowest BCUT2D eigenvalue weighted by atomic mass is 10.1. The molecule has 0 bridgehead atoms. The summed E-state index contributed by atoms with van der Waals surface area (Å²) < 4.78 is 10.4. The van der Waals surface area contributed by atoms with E-state index in [0.717, 1.165) is 30.4 Å². The van der Waals surface area contributed by atoms with E-state index in [1.54, 1.807) is 6.92 Å². The molecule has 22 heavy (non-hydrogen) atoms. The smallest absolute Gasteiger partial charge is 0.249 e. The number of amides is 1. The summed E-state index contributed by atoms with van der Waals surface area (Å²) in [6.45, 7) is 2.93. The number of carbonyl (C=O) groups is 1. The van der Waals surface area contributed by atoms with Crippen molar-refractivity contribution in [1.82, 2.24) is 15.5 Å². The van der Waals surface area contributed by atoms with E-state index in [2.05, 4.69) is 15.5 Å².